The third-order valence-corrected chi connectivity index (χ3v) is 4.91. The molecule has 0 N–H and O–H groups in total. The number of aromatic nitrogens is 3. The predicted molar refractivity (Wildman–Crippen MR) is 121 cm³/mol. The van der Waals surface area contributed by atoms with Gasteiger partial charge in [0.25, 0.3) is 0 Å². The molecule has 3 heterocycles. The van der Waals surface area contributed by atoms with Crippen LogP contribution in [0.5, 0.6) is 0 Å². The van der Waals surface area contributed by atoms with Crippen LogP contribution in [-0.2, 0) is 19.6 Å². The maximum Gasteiger partial charge on any atom is 0.0601 e. The van der Waals surface area contributed by atoms with E-state index in [4.69, 9.17) is 0 Å². The van der Waals surface area contributed by atoms with Gasteiger partial charge in [0.15, 0.2) is 0 Å². The van der Waals surface area contributed by atoms with Crippen LogP contribution in [0.25, 0.3) is 0 Å². The molecule has 3 rings (SSSR count). The maximum atomic E-state index is 4.58. The van der Waals surface area contributed by atoms with Crippen molar-refractivity contribution in [3.05, 3.63) is 101 Å². The number of aryl methyl sites for hydroxylation is 3. The highest BCUT2D eigenvalue weighted by Crippen LogP contribution is 2.11. The van der Waals surface area contributed by atoms with E-state index < -0.39 is 0 Å². The first kappa shape index (κ1) is 21.5. The molecule has 5 nitrogen and oxygen atoms in total. The summed E-state index contributed by atoms with van der Waals surface area (Å²) in [5.41, 5.74) is 6.67. The second kappa shape index (κ2) is 10.5. The Balaban J connectivity index is 1.73. The molecule has 0 atom stereocenters. The quantitative estimate of drug-likeness (QED) is 0.516. The minimum atomic E-state index is 0.729. The van der Waals surface area contributed by atoms with Gasteiger partial charge >= 0.3 is 0 Å². The van der Waals surface area contributed by atoms with Crippen molar-refractivity contribution >= 4 is 0 Å². The summed E-state index contributed by atoms with van der Waals surface area (Å²) in [5, 5.41) is 0. The van der Waals surface area contributed by atoms with Gasteiger partial charge in [-0.1, -0.05) is 18.2 Å². The van der Waals surface area contributed by atoms with E-state index in [9.17, 15) is 0 Å². The number of nitrogens with zero attached hydrogens (tertiary/aromatic N) is 5. The van der Waals surface area contributed by atoms with Gasteiger partial charge in [-0.05, 0) is 62.6 Å². The SMILES string of the molecule is CCN(C=CN(Cc1ccc(C)cn1)Cc1ccc(C)cn1)Cc1ccc(C)cn1. The van der Waals surface area contributed by atoms with Crippen molar-refractivity contribution in [1.82, 2.24) is 24.8 Å². The van der Waals surface area contributed by atoms with Gasteiger partial charge in [-0.3, -0.25) is 15.0 Å². The van der Waals surface area contributed by atoms with Crippen LogP contribution in [0.1, 0.15) is 40.7 Å². The molecule has 3 aromatic rings. The van der Waals surface area contributed by atoms with Crippen molar-refractivity contribution in [2.45, 2.75) is 47.3 Å². The van der Waals surface area contributed by atoms with Gasteiger partial charge in [0.1, 0.15) is 0 Å². The highest BCUT2D eigenvalue weighted by molar-refractivity contribution is 5.15. The second-order valence-corrected chi connectivity index (χ2v) is 7.75. The van der Waals surface area contributed by atoms with Gasteiger partial charge in [0.05, 0.1) is 36.7 Å². The monoisotopic (exact) mass is 401 g/mol. The first-order valence-electron chi connectivity index (χ1n) is 10.4. The molecule has 0 bridgehead atoms. The molecule has 0 unspecified atom stereocenters. The first-order chi connectivity index (χ1) is 14.5. The van der Waals surface area contributed by atoms with Crippen LogP contribution in [-0.4, -0.2) is 31.3 Å². The fraction of sp³-hybridized carbons (Fsp3) is 0.320. The standard InChI is InChI=1S/C25H31N5/c1-5-29(17-23-9-6-20(2)14-26-23)12-13-30(18-24-10-7-21(3)15-27-24)19-25-11-8-22(4)16-28-25/h6-16H,5,17-19H2,1-4H3. The van der Waals surface area contributed by atoms with Gasteiger partial charge in [-0.2, -0.15) is 0 Å². The lowest BCUT2D eigenvalue weighted by Crippen LogP contribution is -2.22. The van der Waals surface area contributed by atoms with Crippen LogP contribution in [0.2, 0.25) is 0 Å². The first-order valence-corrected chi connectivity index (χ1v) is 10.4. The molecular weight excluding hydrogens is 370 g/mol. The number of hydrogen-bond acceptors (Lipinski definition) is 5. The van der Waals surface area contributed by atoms with Crippen LogP contribution in [0.4, 0.5) is 0 Å². The number of hydrogen-bond donors (Lipinski definition) is 0. The Kier molecular flexibility index (Phi) is 7.55. The van der Waals surface area contributed by atoms with Crippen molar-refractivity contribution in [1.29, 1.82) is 0 Å². The number of pyridine rings is 3. The lowest BCUT2D eigenvalue weighted by molar-refractivity contribution is 0.328. The molecule has 5 heteroatoms. The average molecular weight is 402 g/mol. The van der Waals surface area contributed by atoms with Crippen molar-refractivity contribution in [3.8, 4) is 0 Å². The van der Waals surface area contributed by atoms with Crippen molar-refractivity contribution in [3.63, 3.8) is 0 Å². The van der Waals surface area contributed by atoms with Crippen LogP contribution < -0.4 is 0 Å². The lowest BCUT2D eigenvalue weighted by Gasteiger charge is -2.23. The van der Waals surface area contributed by atoms with Crippen LogP contribution in [0.3, 0.4) is 0 Å². The normalized spacial score (nSPS) is 11.1. The summed E-state index contributed by atoms with van der Waals surface area (Å²) in [7, 11) is 0. The zero-order valence-electron chi connectivity index (χ0n) is 18.4. The summed E-state index contributed by atoms with van der Waals surface area (Å²) >= 11 is 0. The zero-order valence-corrected chi connectivity index (χ0v) is 18.4. The summed E-state index contributed by atoms with van der Waals surface area (Å²) in [5.74, 6) is 0. The Morgan fingerprint density at radius 1 is 0.600 bits per heavy atom. The molecule has 0 aliphatic heterocycles. The molecule has 0 spiro atoms. The maximum absolute atomic E-state index is 4.58. The molecule has 156 valence electrons. The summed E-state index contributed by atoms with van der Waals surface area (Å²) < 4.78 is 0. The fourth-order valence-electron chi connectivity index (χ4n) is 3.02. The summed E-state index contributed by atoms with van der Waals surface area (Å²) in [6.45, 7) is 11.5. The Morgan fingerprint density at radius 2 is 0.967 bits per heavy atom. The van der Waals surface area contributed by atoms with E-state index in [1.54, 1.807) is 0 Å². The third-order valence-electron chi connectivity index (χ3n) is 4.91. The number of rotatable bonds is 9. The van der Waals surface area contributed by atoms with Crippen molar-refractivity contribution in [2.24, 2.45) is 0 Å². The molecular formula is C25H31N5. The lowest BCUT2D eigenvalue weighted by atomic mass is 10.2. The summed E-state index contributed by atoms with van der Waals surface area (Å²) in [4.78, 5) is 18.2. The van der Waals surface area contributed by atoms with E-state index >= 15 is 0 Å². The molecule has 0 aliphatic carbocycles. The van der Waals surface area contributed by atoms with E-state index in [0.29, 0.717) is 0 Å². The molecule has 0 fully saturated rings. The van der Waals surface area contributed by atoms with Gasteiger partial charge in [0.2, 0.25) is 0 Å². The molecule has 3 aromatic heterocycles. The van der Waals surface area contributed by atoms with E-state index in [2.05, 4.69) is 101 Å². The molecule has 0 radical (unpaired) electrons. The Morgan fingerprint density at radius 3 is 1.30 bits per heavy atom. The van der Waals surface area contributed by atoms with E-state index in [-0.39, 0.29) is 0 Å². The summed E-state index contributed by atoms with van der Waals surface area (Å²) in [6.07, 6.45) is 10.0. The van der Waals surface area contributed by atoms with Gasteiger partial charge in [-0.15, -0.1) is 0 Å². The second-order valence-electron chi connectivity index (χ2n) is 7.75. The van der Waals surface area contributed by atoms with Crippen LogP contribution in [0.15, 0.2) is 67.4 Å². The molecule has 0 saturated heterocycles. The highest BCUT2D eigenvalue weighted by Gasteiger charge is 2.07. The van der Waals surface area contributed by atoms with Crippen molar-refractivity contribution < 1.29 is 0 Å². The minimum absolute atomic E-state index is 0.729. The highest BCUT2D eigenvalue weighted by atomic mass is 15.2. The molecule has 0 amide bonds. The molecule has 0 aromatic carbocycles. The largest absolute Gasteiger partial charge is 0.371 e. The predicted octanol–water partition coefficient (Wildman–Crippen LogP) is 4.79. The fourth-order valence-corrected chi connectivity index (χ4v) is 3.02. The molecule has 0 aliphatic rings. The van der Waals surface area contributed by atoms with Gasteiger partial charge in [-0.25, -0.2) is 0 Å². The van der Waals surface area contributed by atoms with E-state index in [0.717, 1.165) is 43.3 Å². The van der Waals surface area contributed by atoms with Gasteiger partial charge in [0, 0.05) is 37.5 Å². The molecule has 0 saturated carbocycles. The Bertz CT molecular complexity index is 883. The Labute approximate surface area is 180 Å². The minimum Gasteiger partial charge on any atom is -0.371 e. The van der Waals surface area contributed by atoms with Gasteiger partial charge < -0.3 is 9.80 Å². The van der Waals surface area contributed by atoms with Crippen molar-refractivity contribution in [2.75, 3.05) is 6.54 Å². The van der Waals surface area contributed by atoms with E-state index in [1.165, 1.54) is 16.7 Å². The van der Waals surface area contributed by atoms with Crippen LogP contribution in [0, 0.1) is 20.8 Å². The Hall–Kier alpha value is -3.21. The summed E-state index contributed by atoms with van der Waals surface area (Å²) in [6, 6.07) is 12.6. The third kappa shape index (κ3) is 6.69. The van der Waals surface area contributed by atoms with Crippen LogP contribution >= 0.6 is 0 Å². The topological polar surface area (TPSA) is 45.2 Å². The average Bonchev–Trinajstić information content (AvgIpc) is 2.75. The zero-order chi connectivity index (χ0) is 21.3. The molecule has 30 heavy (non-hydrogen) atoms. The van der Waals surface area contributed by atoms with E-state index in [1.807, 2.05) is 18.6 Å². The smallest absolute Gasteiger partial charge is 0.0601 e.